The molecular weight excluding hydrogens is 297 g/mol. The largest absolute Gasteiger partial charge is 1.00 e. The Labute approximate surface area is 159 Å². The van der Waals surface area contributed by atoms with E-state index in [1.165, 1.54) is 12.1 Å². The maximum atomic E-state index is 12.4. The van der Waals surface area contributed by atoms with Gasteiger partial charge in [-0.05, 0) is 26.3 Å². The SMILES string of the molecule is CC(C)(C)OC(=O)NCc1ccc([B-](F)(F)F)cc1.[K+]. The minimum atomic E-state index is -4.98. The van der Waals surface area contributed by atoms with Crippen LogP contribution in [0.5, 0.6) is 0 Å². The smallest absolute Gasteiger partial charge is 0.445 e. The van der Waals surface area contributed by atoms with Gasteiger partial charge in [0.2, 0.25) is 0 Å². The van der Waals surface area contributed by atoms with Gasteiger partial charge in [-0.1, -0.05) is 24.3 Å². The van der Waals surface area contributed by atoms with Gasteiger partial charge in [0.05, 0.1) is 0 Å². The molecule has 1 rings (SSSR count). The van der Waals surface area contributed by atoms with Gasteiger partial charge in [-0.2, -0.15) is 0 Å². The number of hydrogen-bond donors (Lipinski definition) is 1. The Hall–Kier alpha value is -0.0187. The van der Waals surface area contributed by atoms with Crippen molar-refractivity contribution in [2.24, 2.45) is 0 Å². The van der Waals surface area contributed by atoms with Crippen LogP contribution in [0.25, 0.3) is 0 Å². The van der Waals surface area contributed by atoms with Gasteiger partial charge in [-0.25, -0.2) is 4.79 Å². The zero-order valence-electron chi connectivity index (χ0n) is 12.0. The van der Waals surface area contributed by atoms with Crippen molar-refractivity contribution in [1.29, 1.82) is 0 Å². The summed E-state index contributed by atoms with van der Waals surface area (Å²) >= 11 is 0. The predicted molar refractivity (Wildman–Crippen MR) is 68.2 cm³/mol. The molecule has 0 atom stereocenters. The van der Waals surface area contributed by atoms with E-state index in [0.717, 1.165) is 12.1 Å². The van der Waals surface area contributed by atoms with Crippen LogP contribution >= 0.6 is 0 Å². The first-order valence-electron chi connectivity index (χ1n) is 5.83. The standard InChI is InChI=1S/C12H16BF3NO2.K/c1-12(2,3)19-11(18)17-8-9-4-6-10(7-5-9)13(14,15)16;/h4-7H,8H2,1-3H3,(H,17,18);/q-1;+1. The zero-order chi connectivity index (χ0) is 14.7. The molecule has 0 aliphatic carbocycles. The molecule has 0 aliphatic rings. The van der Waals surface area contributed by atoms with Gasteiger partial charge >= 0.3 is 64.5 Å². The monoisotopic (exact) mass is 313 g/mol. The van der Waals surface area contributed by atoms with Gasteiger partial charge in [-0.15, -0.1) is 5.46 Å². The third-order valence-corrected chi connectivity index (χ3v) is 2.19. The van der Waals surface area contributed by atoms with Gasteiger partial charge in [-0.3, -0.25) is 0 Å². The summed E-state index contributed by atoms with van der Waals surface area (Å²) in [6.45, 7) is 0.334. The van der Waals surface area contributed by atoms with Crippen LogP contribution in [0, 0.1) is 0 Å². The van der Waals surface area contributed by atoms with Crippen molar-refractivity contribution in [3.05, 3.63) is 29.8 Å². The van der Waals surface area contributed by atoms with Crippen LogP contribution < -0.4 is 62.2 Å². The Balaban J connectivity index is 0.00000361. The summed E-state index contributed by atoms with van der Waals surface area (Å²) < 4.78 is 42.2. The fraction of sp³-hybridized carbons (Fsp3) is 0.417. The quantitative estimate of drug-likeness (QED) is 0.783. The second-order valence-electron chi connectivity index (χ2n) is 5.17. The maximum absolute atomic E-state index is 12.4. The van der Waals surface area contributed by atoms with Crippen LogP contribution in [0.15, 0.2) is 24.3 Å². The number of halogens is 3. The number of amides is 1. The van der Waals surface area contributed by atoms with Crippen molar-refractivity contribution in [2.75, 3.05) is 0 Å². The van der Waals surface area contributed by atoms with E-state index in [9.17, 15) is 17.7 Å². The van der Waals surface area contributed by atoms with E-state index in [-0.39, 0.29) is 57.9 Å². The molecule has 0 saturated heterocycles. The number of alkyl carbamates (subject to hydrolysis) is 1. The Morgan fingerprint density at radius 3 is 2.10 bits per heavy atom. The normalized spacial score (nSPS) is 11.5. The van der Waals surface area contributed by atoms with Gasteiger partial charge in [0.15, 0.2) is 0 Å². The number of carbonyl (C=O) groups is 1. The Kier molecular flexibility index (Phi) is 7.83. The Morgan fingerprint density at radius 2 is 1.70 bits per heavy atom. The molecule has 0 aromatic heterocycles. The van der Waals surface area contributed by atoms with Crippen LogP contribution in [0.2, 0.25) is 0 Å². The van der Waals surface area contributed by atoms with Crippen LogP contribution in [0.1, 0.15) is 26.3 Å². The van der Waals surface area contributed by atoms with E-state index < -0.39 is 24.1 Å². The summed E-state index contributed by atoms with van der Waals surface area (Å²) in [7, 11) is 0. The van der Waals surface area contributed by atoms with Crippen molar-refractivity contribution >= 4 is 18.5 Å². The minimum absolute atomic E-state index is 0. The first-order chi connectivity index (χ1) is 8.58. The fourth-order valence-electron chi connectivity index (χ4n) is 1.34. The minimum Gasteiger partial charge on any atom is -0.445 e. The summed E-state index contributed by atoms with van der Waals surface area (Å²) in [6, 6.07) is 4.68. The summed E-state index contributed by atoms with van der Waals surface area (Å²) in [5.74, 6) is 0. The molecular formula is C12H16BF3KNO2. The first-order valence-corrected chi connectivity index (χ1v) is 5.83. The average Bonchev–Trinajstić information content (AvgIpc) is 2.23. The third kappa shape index (κ3) is 7.68. The van der Waals surface area contributed by atoms with E-state index in [2.05, 4.69) is 5.32 Å². The van der Waals surface area contributed by atoms with Gasteiger partial charge < -0.3 is 23.0 Å². The van der Waals surface area contributed by atoms with Crippen molar-refractivity contribution < 1.29 is 73.9 Å². The molecule has 1 aromatic rings. The molecule has 106 valence electrons. The van der Waals surface area contributed by atoms with E-state index in [4.69, 9.17) is 4.74 Å². The molecule has 3 nitrogen and oxygen atoms in total. The first kappa shape index (κ1) is 20.0. The molecule has 1 amide bonds. The second kappa shape index (κ2) is 7.84. The van der Waals surface area contributed by atoms with E-state index in [0.29, 0.717) is 5.56 Å². The molecule has 20 heavy (non-hydrogen) atoms. The maximum Gasteiger partial charge on any atom is 1.00 e. The molecule has 0 aliphatic heterocycles. The molecule has 8 heteroatoms. The molecule has 0 fully saturated rings. The number of carbonyl (C=O) groups excluding carboxylic acids is 1. The van der Waals surface area contributed by atoms with Gasteiger partial charge in [0.1, 0.15) is 5.60 Å². The van der Waals surface area contributed by atoms with Crippen LogP contribution in [-0.2, 0) is 11.3 Å². The Morgan fingerprint density at radius 1 is 1.20 bits per heavy atom. The third-order valence-electron chi connectivity index (χ3n) is 2.19. The average molecular weight is 313 g/mol. The molecule has 0 radical (unpaired) electrons. The number of hydrogen-bond acceptors (Lipinski definition) is 2. The molecule has 0 heterocycles. The number of ether oxygens (including phenoxy) is 1. The van der Waals surface area contributed by atoms with Crippen LogP contribution in [0.4, 0.5) is 17.7 Å². The van der Waals surface area contributed by atoms with Gasteiger partial charge in [0, 0.05) is 6.54 Å². The van der Waals surface area contributed by atoms with Crippen molar-refractivity contribution in [3.8, 4) is 0 Å². The molecule has 0 spiro atoms. The summed E-state index contributed by atoms with van der Waals surface area (Å²) in [5.41, 5.74) is -0.678. The molecule has 0 saturated carbocycles. The predicted octanol–water partition coefficient (Wildman–Crippen LogP) is -0.230. The molecule has 0 unspecified atom stereocenters. The van der Waals surface area contributed by atoms with E-state index in [1.54, 1.807) is 20.8 Å². The van der Waals surface area contributed by atoms with Crippen molar-refractivity contribution in [2.45, 2.75) is 32.9 Å². The van der Waals surface area contributed by atoms with Gasteiger partial charge in [0.25, 0.3) is 0 Å². The van der Waals surface area contributed by atoms with Crippen molar-refractivity contribution in [1.82, 2.24) is 5.32 Å². The Bertz CT molecular complexity index is 444. The molecule has 0 bridgehead atoms. The number of nitrogens with one attached hydrogen (secondary N) is 1. The summed E-state index contributed by atoms with van der Waals surface area (Å²) in [5, 5.41) is 2.48. The van der Waals surface area contributed by atoms with E-state index in [1.807, 2.05) is 0 Å². The topological polar surface area (TPSA) is 38.3 Å². The fourth-order valence-corrected chi connectivity index (χ4v) is 1.34. The number of rotatable bonds is 3. The molecule has 1 aromatic carbocycles. The van der Waals surface area contributed by atoms with Crippen LogP contribution in [-0.4, -0.2) is 18.7 Å². The summed E-state index contributed by atoms with van der Waals surface area (Å²) in [4.78, 5) is 11.3. The van der Waals surface area contributed by atoms with E-state index >= 15 is 0 Å². The van der Waals surface area contributed by atoms with Crippen LogP contribution in [0.3, 0.4) is 0 Å². The molecule has 1 N–H and O–H groups in total. The van der Waals surface area contributed by atoms with Crippen molar-refractivity contribution in [3.63, 3.8) is 0 Å². The zero-order valence-corrected chi connectivity index (χ0v) is 15.2. The summed E-state index contributed by atoms with van der Waals surface area (Å²) in [6.07, 6.45) is -0.600. The second-order valence-corrected chi connectivity index (χ2v) is 5.17. The number of benzene rings is 1.